The molecule has 0 amide bonds. The maximum Gasteiger partial charge on any atom is 0.178 e. The molecule has 2 saturated carbocycles. The van der Waals surface area contributed by atoms with Crippen molar-refractivity contribution in [3.8, 4) is 0 Å². The van der Waals surface area contributed by atoms with Crippen molar-refractivity contribution in [3.63, 3.8) is 0 Å². The molecule has 2 fully saturated rings. The van der Waals surface area contributed by atoms with E-state index < -0.39 is 58.3 Å². The summed E-state index contributed by atoms with van der Waals surface area (Å²) in [7, 11) is 0. The lowest BCUT2D eigenvalue weighted by molar-refractivity contribution is -0.212. The summed E-state index contributed by atoms with van der Waals surface area (Å²) in [5, 5.41) is 32.0. The van der Waals surface area contributed by atoms with Crippen LogP contribution >= 0.6 is 0 Å². The number of hydrogen-bond acceptors (Lipinski definition) is 4. The van der Waals surface area contributed by atoms with Gasteiger partial charge in [0.1, 0.15) is 5.83 Å². The van der Waals surface area contributed by atoms with Crippen LogP contribution in [0.5, 0.6) is 0 Å². The maximum atomic E-state index is 16.7. The molecule has 0 aromatic rings. The average Bonchev–Trinajstić information content (AvgIpc) is 2.80. The molecular formula is C21H26F2O4. The van der Waals surface area contributed by atoms with Crippen LogP contribution in [0.3, 0.4) is 0 Å². The Kier molecular flexibility index (Phi) is 3.77. The molecule has 0 bridgehead atoms. The number of alkyl halides is 1. The largest absolute Gasteiger partial charge is 0.393 e. The lowest BCUT2D eigenvalue weighted by Crippen LogP contribution is -2.68. The number of carbonyl (C=O) groups excluding carboxylic acids is 1. The molecule has 0 aliphatic heterocycles. The van der Waals surface area contributed by atoms with Gasteiger partial charge < -0.3 is 15.3 Å². The standard InChI is InChI=1S/C21H26F2O4/c1-11-6-13-14-8-16(22)15-7-12(25)4-5-18(15,2)21(14,23)17(26)9-19(13,3)20(11,27)10-24/h4-5,7-8,11,13-14,17,24,26-27H,6,9-10H2,1-3H3/t11-,13?,14?,17?,18?,19?,20-,21+/m1/s1. The van der Waals surface area contributed by atoms with Crippen molar-refractivity contribution in [1.29, 1.82) is 0 Å². The Balaban J connectivity index is 1.93. The third kappa shape index (κ3) is 1.94. The van der Waals surface area contributed by atoms with E-state index in [4.69, 9.17) is 0 Å². The Morgan fingerprint density at radius 3 is 2.63 bits per heavy atom. The SMILES string of the molecule is C[C@@H]1CC2C3C=C(F)C4=CC(=O)C=CC4(C)[C@@]3(F)C(O)CC2(C)[C@@]1(O)CO. The fraction of sp³-hybridized carbons (Fsp3) is 0.667. The van der Waals surface area contributed by atoms with Gasteiger partial charge in [-0.25, -0.2) is 8.78 Å². The molecule has 3 N–H and O–H groups in total. The van der Waals surface area contributed by atoms with E-state index in [0.29, 0.717) is 6.42 Å². The van der Waals surface area contributed by atoms with E-state index in [2.05, 4.69) is 0 Å². The van der Waals surface area contributed by atoms with E-state index in [0.717, 1.165) is 6.08 Å². The summed E-state index contributed by atoms with van der Waals surface area (Å²) in [6.45, 7) is 4.56. The first-order chi connectivity index (χ1) is 12.5. The van der Waals surface area contributed by atoms with E-state index in [-0.39, 0.29) is 17.9 Å². The minimum Gasteiger partial charge on any atom is -0.393 e. The van der Waals surface area contributed by atoms with Gasteiger partial charge in [-0.3, -0.25) is 4.79 Å². The van der Waals surface area contributed by atoms with Crippen molar-refractivity contribution in [2.24, 2.45) is 28.6 Å². The molecule has 27 heavy (non-hydrogen) atoms. The van der Waals surface area contributed by atoms with Crippen molar-refractivity contribution in [2.75, 3.05) is 6.61 Å². The predicted molar refractivity (Wildman–Crippen MR) is 94.9 cm³/mol. The molecule has 0 aromatic carbocycles. The highest BCUT2D eigenvalue weighted by molar-refractivity contribution is 6.02. The van der Waals surface area contributed by atoms with Gasteiger partial charge in [0.2, 0.25) is 0 Å². The molecule has 4 aliphatic carbocycles. The molecule has 0 saturated heterocycles. The number of allylic oxidation sites excluding steroid dienone is 6. The summed E-state index contributed by atoms with van der Waals surface area (Å²) in [6.07, 6.45) is 3.76. The van der Waals surface area contributed by atoms with E-state index in [1.54, 1.807) is 13.8 Å². The van der Waals surface area contributed by atoms with Crippen LogP contribution in [0.4, 0.5) is 8.78 Å². The summed E-state index contributed by atoms with van der Waals surface area (Å²) in [5.41, 5.74) is -6.16. The lowest BCUT2D eigenvalue weighted by atomic mass is 9.46. The lowest BCUT2D eigenvalue weighted by Gasteiger charge is -2.61. The van der Waals surface area contributed by atoms with E-state index in [9.17, 15) is 20.1 Å². The van der Waals surface area contributed by atoms with E-state index in [1.807, 2.05) is 0 Å². The fourth-order valence-electron chi connectivity index (χ4n) is 6.50. The molecule has 4 nitrogen and oxygen atoms in total. The highest BCUT2D eigenvalue weighted by atomic mass is 19.1. The topological polar surface area (TPSA) is 77.8 Å². The number of aliphatic hydroxyl groups excluding tert-OH is 2. The summed E-state index contributed by atoms with van der Waals surface area (Å²) < 4.78 is 31.7. The minimum absolute atomic E-state index is 0.0418. The van der Waals surface area contributed by atoms with Gasteiger partial charge in [0.05, 0.1) is 23.7 Å². The smallest absolute Gasteiger partial charge is 0.178 e. The van der Waals surface area contributed by atoms with Gasteiger partial charge in [-0.1, -0.05) is 19.9 Å². The van der Waals surface area contributed by atoms with E-state index >= 15 is 8.78 Å². The average molecular weight is 380 g/mol. The van der Waals surface area contributed by atoms with Crippen LogP contribution in [-0.4, -0.2) is 45.1 Å². The summed E-state index contributed by atoms with van der Waals surface area (Å²) in [6, 6.07) is 0. The van der Waals surface area contributed by atoms with Crippen molar-refractivity contribution in [1.82, 2.24) is 0 Å². The van der Waals surface area contributed by atoms with Crippen molar-refractivity contribution in [3.05, 3.63) is 35.7 Å². The first-order valence-electron chi connectivity index (χ1n) is 9.49. The second-order valence-corrected chi connectivity index (χ2v) is 9.27. The molecule has 148 valence electrons. The zero-order chi connectivity index (χ0) is 20.0. The molecule has 0 radical (unpaired) electrons. The number of fused-ring (bicyclic) bond motifs is 5. The van der Waals surface area contributed by atoms with Gasteiger partial charge in [0.25, 0.3) is 0 Å². The Hall–Kier alpha value is -1.37. The summed E-state index contributed by atoms with van der Waals surface area (Å²) in [5.74, 6) is -2.82. The monoisotopic (exact) mass is 380 g/mol. The molecule has 0 heterocycles. The third-order valence-corrected chi connectivity index (χ3v) is 8.30. The van der Waals surface area contributed by atoms with Gasteiger partial charge >= 0.3 is 0 Å². The Morgan fingerprint density at radius 2 is 2.00 bits per heavy atom. The number of aliphatic hydroxyl groups is 3. The van der Waals surface area contributed by atoms with Gasteiger partial charge in [-0.15, -0.1) is 0 Å². The Bertz CT molecular complexity index is 804. The van der Waals surface area contributed by atoms with Crippen LogP contribution in [0.15, 0.2) is 35.7 Å². The van der Waals surface area contributed by atoms with Gasteiger partial charge in [0, 0.05) is 16.9 Å². The van der Waals surface area contributed by atoms with Crippen LogP contribution in [-0.2, 0) is 4.79 Å². The number of halogens is 2. The minimum atomic E-state index is -2.21. The molecule has 4 aliphatic rings. The van der Waals surface area contributed by atoms with Gasteiger partial charge in [-0.05, 0) is 49.8 Å². The first-order valence-corrected chi connectivity index (χ1v) is 9.49. The highest BCUT2D eigenvalue weighted by Gasteiger charge is 2.74. The number of ketones is 1. The highest BCUT2D eigenvalue weighted by Crippen LogP contribution is 2.70. The van der Waals surface area contributed by atoms with Crippen LogP contribution < -0.4 is 0 Å². The van der Waals surface area contributed by atoms with Crippen LogP contribution in [0.1, 0.15) is 33.6 Å². The molecule has 0 spiro atoms. The molecule has 5 unspecified atom stereocenters. The molecule has 0 aromatic heterocycles. The van der Waals surface area contributed by atoms with Crippen LogP contribution in [0, 0.1) is 28.6 Å². The maximum absolute atomic E-state index is 16.7. The van der Waals surface area contributed by atoms with Crippen molar-refractivity contribution >= 4 is 5.78 Å². The zero-order valence-electron chi connectivity index (χ0n) is 15.7. The van der Waals surface area contributed by atoms with Crippen LogP contribution in [0.2, 0.25) is 0 Å². The van der Waals surface area contributed by atoms with E-state index in [1.165, 1.54) is 25.2 Å². The number of carbonyl (C=O) groups is 1. The summed E-state index contributed by atoms with van der Waals surface area (Å²) >= 11 is 0. The molecule has 8 atom stereocenters. The van der Waals surface area contributed by atoms with Crippen LogP contribution in [0.25, 0.3) is 0 Å². The zero-order valence-corrected chi connectivity index (χ0v) is 15.7. The van der Waals surface area contributed by atoms with Crippen molar-refractivity contribution < 1.29 is 28.9 Å². The quantitative estimate of drug-likeness (QED) is 0.653. The van der Waals surface area contributed by atoms with Crippen molar-refractivity contribution in [2.45, 2.75) is 51.0 Å². The molecular weight excluding hydrogens is 354 g/mol. The first kappa shape index (κ1) is 19.0. The number of hydrogen-bond donors (Lipinski definition) is 3. The third-order valence-electron chi connectivity index (χ3n) is 8.30. The summed E-state index contributed by atoms with van der Waals surface area (Å²) in [4.78, 5) is 11.7. The Labute approximate surface area is 157 Å². The fourth-order valence-corrected chi connectivity index (χ4v) is 6.50. The second kappa shape index (κ2) is 5.37. The Morgan fingerprint density at radius 1 is 1.33 bits per heavy atom. The van der Waals surface area contributed by atoms with Gasteiger partial charge in [-0.2, -0.15) is 0 Å². The molecule has 4 rings (SSSR count). The normalized spacial score (nSPS) is 54.0. The second-order valence-electron chi connectivity index (χ2n) is 9.27. The van der Waals surface area contributed by atoms with Gasteiger partial charge in [0.15, 0.2) is 11.5 Å². The predicted octanol–water partition coefficient (Wildman–Crippen LogP) is 2.40. The number of rotatable bonds is 1. The molecule has 6 heteroatoms.